The van der Waals surface area contributed by atoms with E-state index in [1.807, 2.05) is 27.7 Å². The molecule has 1 unspecified atom stereocenters. The van der Waals surface area contributed by atoms with Crippen molar-refractivity contribution < 1.29 is 18.8 Å². The van der Waals surface area contributed by atoms with Gasteiger partial charge in [0.15, 0.2) is 0 Å². The SMILES string of the molecule is CC(O)C#Cc1cccc(C=C(F)B2OC(C)(C)C(C)(C)O2)c1. The van der Waals surface area contributed by atoms with E-state index >= 15 is 0 Å². The number of aliphatic hydroxyl groups excluding tert-OH is 1. The first-order valence-corrected chi connectivity index (χ1v) is 7.63. The van der Waals surface area contributed by atoms with E-state index in [1.54, 1.807) is 31.2 Å². The van der Waals surface area contributed by atoms with Gasteiger partial charge in [-0.15, -0.1) is 0 Å². The highest BCUT2D eigenvalue weighted by molar-refractivity contribution is 6.54. The molecule has 23 heavy (non-hydrogen) atoms. The molecule has 0 aliphatic carbocycles. The van der Waals surface area contributed by atoms with Crippen molar-refractivity contribution in [2.24, 2.45) is 0 Å². The lowest BCUT2D eigenvalue weighted by Gasteiger charge is -2.32. The van der Waals surface area contributed by atoms with Gasteiger partial charge in [0.1, 0.15) is 11.8 Å². The Hall–Kier alpha value is -1.61. The van der Waals surface area contributed by atoms with Crippen LogP contribution in [0.4, 0.5) is 4.39 Å². The maximum Gasteiger partial charge on any atom is 0.525 e. The van der Waals surface area contributed by atoms with Gasteiger partial charge in [0.2, 0.25) is 0 Å². The molecule has 1 heterocycles. The highest BCUT2D eigenvalue weighted by Crippen LogP contribution is 2.39. The molecule has 122 valence electrons. The molecule has 1 aromatic rings. The van der Waals surface area contributed by atoms with Gasteiger partial charge in [0.05, 0.1) is 11.2 Å². The first-order chi connectivity index (χ1) is 10.6. The minimum absolute atomic E-state index is 0.482. The van der Waals surface area contributed by atoms with Crippen LogP contribution in [-0.2, 0) is 9.31 Å². The molecule has 1 aliphatic heterocycles. The van der Waals surface area contributed by atoms with Crippen LogP contribution in [0.15, 0.2) is 30.0 Å². The molecular formula is C18H22BFO3. The van der Waals surface area contributed by atoms with E-state index in [0.29, 0.717) is 11.1 Å². The van der Waals surface area contributed by atoms with Gasteiger partial charge >= 0.3 is 7.12 Å². The molecule has 0 radical (unpaired) electrons. The molecule has 5 heteroatoms. The smallest absolute Gasteiger partial charge is 0.398 e. The molecule has 1 atom stereocenters. The number of aliphatic hydroxyl groups is 1. The quantitative estimate of drug-likeness (QED) is 0.672. The van der Waals surface area contributed by atoms with Gasteiger partial charge in [-0.25, -0.2) is 4.39 Å². The average Bonchev–Trinajstić information content (AvgIpc) is 2.66. The summed E-state index contributed by atoms with van der Waals surface area (Å²) in [5.74, 6) is 5.50. The number of rotatable bonds is 2. The molecular weight excluding hydrogens is 294 g/mol. The minimum atomic E-state index is -1.01. The molecule has 2 rings (SSSR count). The van der Waals surface area contributed by atoms with Crippen LogP contribution in [0, 0.1) is 11.8 Å². The molecule has 1 fully saturated rings. The van der Waals surface area contributed by atoms with E-state index in [0.717, 1.165) is 0 Å². The van der Waals surface area contributed by atoms with E-state index < -0.39 is 30.2 Å². The largest absolute Gasteiger partial charge is 0.525 e. The Morgan fingerprint density at radius 3 is 2.43 bits per heavy atom. The third kappa shape index (κ3) is 4.23. The molecule has 0 aromatic heterocycles. The van der Waals surface area contributed by atoms with Crippen molar-refractivity contribution in [3.8, 4) is 11.8 Å². The fourth-order valence-electron chi connectivity index (χ4n) is 2.08. The van der Waals surface area contributed by atoms with Crippen molar-refractivity contribution in [1.29, 1.82) is 0 Å². The van der Waals surface area contributed by atoms with E-state index in [1.165, 1.54) is 6.08 Å². The van der Waals surface area contributed by atoms with Crippen LogP contribution in [0.25, 0.3) is 6.08 Å². The van der Waals surface area contributed by atoms with Crippen LogP contribution in [0.5, 0.6) is 0 Å². The number of benzene rings is 1. The second kappa shape index (κ2) is 6.49. The summed E-state index contributed by atoms with van der Waals surface area (Å²) in [6, 6.07) is 7.12. The molecule has 0 bridgehead atoms. The third-order valence-corrected chi connectivity index (χ3v) is 4.09. The summed E-state index contributed by atoms with van der Waals surface area (Å²) in [4.78, 5) is 0. The van der Waals surface area contributed by atoms with Gasteiger partial charge in [-0.05, 0) is 58.4 Å². The molecule has 0 amide bonds. The Kier molecular flexibility index (Phi) is 5.00. The zero-order valence-electron chi connectivity index (χ0n) is 14.2. The zero-order valence-corrected chi connectivity index (χ0v) is 14.2. The molecule has 1 N–H and O–H groups in total. The second-order valence-corrected chi connectivity index (χ2v) is 6.69. The van der Waals surface area contributed by atoms with Crippen LogP contribution in [0.3, 0.4) is 0 Å². The summed E-state index contributed by atoms with van der Waals surface area (Å²) in [7, 11) is -1.01. The van der Waals surface area contributed by atoms with E-state index in [4.69, 9.17) is 9.31 Å². The van der Waals surface area contributed by atoms with Gasteiger partial charge in [-0.1, -0.05) is 24.0 Å². The Morgan fingerprint density at radius 2 is 1.87 bits per heavy atom. The fraction of sp³-hybridized carbons (Fsp3) is 0.444. The molecule has 3 nitrogen and oxygen atoms in total. The molecule has 1 aliphatic rings. The van der Waals surface area contributed by atoms with Crippen molar-refractivity contribution in [2.75, 3.05) is 0 Å². The average molecular weight is 316 g/mol. The zero-order chi connectivity index (χ0) is 17.3. The summed E-state index contributed by atoms with van der Waals surface area (Å²) in [5.41, 5.74) is -0.263. The number of halogens is 1. The van der Waals surface area contributed by atoms with Crippen LogP contribution >= 0.6 is 0 Å². The normalized spacial score (nSPS) is 20.8. The lowest BCUT2D eigenvalue weighted by molar-refractivity contribution is 0.00578. The summed E-state index contributed by atoms with van der Waals surface area (Å²) in [6.45, 7) is 9.12. The predicted octanol–water partition coefficient (Wildman–Crippen LogP) is 3.36. The van der Waals surface area contributed by atoms with E-state index in [2.05, 4.69) is 11.8 Å². The summed E-state index contributed by atoms with van der Waals surface area (Å²) in [6.07, 6.45) is 0.686. The Balaban J connectivity index is 2.20. The van der Waals surface area contributed by atoms with Gasteiger partial charge in [-0.2, -0.15) is 0 Å². The second-order valence-electron chi connectivity index (χ2n) is 6.69. The highest BCUT2D eigenvalue weighted by atomic mass is 19.1. The first kappa shape index (κ1) is 17.7. The number of hydrogen-bond donors (Lipinski definition) is 1. The fourth-order valence-corrected chi connectivity index (χ4v) is 2.08. The third-order valence-electron chi connectivity index (χ3n) is 4.09. The topological polar surface area (TPSA) is 38.7 Å². The highest BCUT2D eigenvalue weighted by Gasteiger charge is 2.53. The number of hydrogen-bond acceptors (Lipinski definition) is 3. The van der Waals surface area contributed by atoms with Gasteiger partial charge in [-0.3, -0.25) is 0 Å². The Morgan fingerprint density at radius 1 is 1.26 bits per heavy atom. The van der Waals surface area contributed by atoms with E-state index in [-0.39, 0.29) is 0 Å². The van der Waals surface area contributed by atoms with Crippen LogP contribution in [0.2, 0.25) is 0 Å². The molecule has 0 saturated carbocycles. The lowest BCUT2D eigenvalue weighted by Crippen LogP contribution is -2.41. The van der Waals surface area contributed by atoms with Crippen LogP contribution in [-0.4, -0.2) is 29.5 Å². The molecule has 1 aromatic carbocycles. The van der Waals surface area contributed by atoms with Crippen molar-refractivity contribution in [3.63, 3.8) is 0 Å². The van der Waals surface area contributed by atoms with E-state index in [9.17, 15) is 9.50 Å². The maximum atomic E-state index is 14.5. The Bertz CT molecular complexity index is 652. The summed E-state index contributed by atoms with van der Waals surface area (Å²) in [5, 5.41) is 9.19. The van der Waals surface area contributed by atoms with Gasteiger partial charge < -0.3 is 14.4 Å². The van der Waals surface area contributed by atoms with Crippen molar-refractivity contribution in [1.82, 2.24) is 0 Å². The predicted molar refractivity (Wildman–Crippen MR) is 90.2 cm³/mol. The summed E-state index contributed by atoms with van der Waals surface area (Å²) >= 11 is 0. The van der Waals surface area contributed by atoms with Gasteiger partial charge in [0.25, 0.3) is 0 Å². The minimum Gasteiger partial charge on any atom is -0.398 e. The summed E-state index contributed by atoms with van der Waals surface area (Å²) < 4.78 is 25.8. The molecule has 1 saturated heterocycles. The molecule has 0 spiro atoms. The lowest BCUT2D eigenvalue weighted by atomic mass is 9.86. The van der Waals surface area contributed by atoms with Gasteiger partial charge in [0, 0.05) is 5.56 Å². The maximum absolute atomic E-state index is 14.5. The van der Waals surface area contributed by atoms with Crippen LogP contribution < -0.4 is 0 Å². The van der Waals surface area contributed by atoms with Crippen molar-refractivity contribution in [2.45, 2.75) is 51.9 Å². The van der Waals surface area contributed by atoms with Crippen molar-refractivity contribution >= 4 is 13.2 Å². The first-order valence-electron chi connectivity index (χ1n) is 7.63. The Labute approximate surface area is 137 Å². The van der Waals surface area contributed by atoms with Crippen LogP contribution in [0.1, 0.15) is 45.7 Å². The van der Waals surface area contributed by atoms with Crippen molar-refractivity contribution in [3.05, 3.63) is 41.1 Å². The monoisotopic (exact) mass is 316 g/mol. The standard InChI is InChI=1S/C18H22BFO3/c1-13(21)9-10-14-7-6-8-15(11-14)12-16(20)19-22-17(2,3)18(4,5)23-19/h6-8,11-13,21H,1-5H3.